The van der Waals surface area contributed by atoms with Crippen molar-refractivity contribution in [3.05, 3.63) is 100 Å². The van der Waals surface area contributed by atoms with Crippen LogP contribution in [0.25, 0.3) is 0 Å². The minimum absolute atomic E-state index is 0.000470. The summed E-state index contributed by atoms with van der Waals surface area (Å²) < 4.78 is 5.14. The van der Waals surface area contributed by atoms with E-state index in [0.717, 1.165) is 39.5 Å². The second-order valence-corrected chi connectivity index (χ2v) is 8.69. The first-order valence-electron chi connectivity index (χ1n) is 12.0. The van der Waals surface area contributed by atoms with Gasteiger partial charge in [-0.1, -0.05) is 42.5 Å². The highest BCUT2D eigenvalue weighted by atomic mass is 16.6. The molecule has 1 aliphatic heterocycles. The summed E-state index contributed by atoms with van der Waals surface area (Å²) in [6.45, 7) is 2.70. The van der Waals surface area contributed by atoms with Gasteiger partial charge in [0.25, 0.3) is 5.91 Å². The summed E-state index contributed by atoms with van der Waals surface area (Å²) in [5.41, 5.74) is 2.99. The first-order chi connectivity index (χ1) is 17.9. The Morgan fingerprint density at radius 2 is 1.46 bits per heavy atom. The molecule has 3 aromatic rings. The van der Waals surface area contributed by atoms with Crippen molar-refractivity contribution in [3.63, 3.8) is 0 Å². The lowest BCUT2D eigenvalue weighted by molar-refractivity contribution is -0.445. The maximum Gasteiger partial charge on any atom is 0.255 e. The predicted octanol–water partition coefficient (Wildman–Crippen LogP) is 4.69. The van der Waals surface area contributed by atoms with E-state index in [1.165, 1.54) is 5.56 Å². The summed E-state index contributed by atoms with van der Waals surface area (Å²) in [5, 5.41) is 14.7. The van der Waals surface area contributed by atoms with Gasteiger partial charge in [-0.25, -0.2) is 0 Å². The number of likely N-dealkylation sites (tertiary alicyclic amines) is 1. The van der Waals surface area contributed by atoms with Gasteiger partial charge in [0.15, 0.2) is 7.05 Å². The van der Waals surface area contributed by atoms with E-state index in [1.54, 1.807) is 37.4 Å². The maximum atomic E-state index is 13.0. The molecule has 0 atom stereocenters. The van der Waals surface area contributed by atoms with Crippen molar-refractivity contribution in [1.29, 1.82) is 0 Å². The fourth-order valence-corrected chi connectivity index (χ4v) is 4.07. The van der Waals surface area contributed by atoms with Gasteiger partial charge in [-0.15, -0.1) is 0 Å². The molecule has 0 unspecified atom stereocenters. The Morgan fingerprint density at radius 3 is 2.03 bits per heavy atom. The molecule has 0 spiro atoms. The van der Waals surface area contributed by atoms with Gasteiger partial charge in [0, 0.05) is 22.9 Å². The number of para-hydroxylation sites is 2. The van der Waals surface area contributed by atoms with Crippen LogP contribution in [0.4, 0.5) is 11.4 Å². The van der Waals surface area contributed by atoms with Crippen LogP contribution in [0.3, 0.4) is 0 Å². The minimum atomic E-state index is -0.500. The van der Waals surface area contributed by atoms with Crippen LogP contribution in [0.2, 0.25) is 0 Å². The molecule has 2 amide bonds. The number of nitrogens with zero attached hydrogens (tertiary/aromatic N) is 2. The Labute approximate surface area is 216 Å². The van der Waals surface area contributed by atoms with Crippen molar-refractivity contribution >= 4 is 23.2 Å². The van der Waals surface area contributed by atoms with E-state index in [0.29, 0.717) is 22.7 Å². The first kappa shape index (κ1) is 27.3. The Bertz CT molecular complexity index is 1170. The second kappa shape index (κ2) is 13.7. The number of carbonyl (C=O) groups excluding carboxylic acids is 2. The number of ether oxygens (including phenoxy) is 1. The molecule has 1 saturated heterocycles. The summed E-state index contributed by atoms with van der Waals surface area (Å²) in [6.07, 6.45) is 1.64. The number of carbonyl (C=O) groups is 2. The van der Waals surface area contributed by atoms with Gasteiger partial charge in [0.05, 0.1) is 18.5 Å². The monoisotopic (exact) mass is 504 g/mol. The van der Waals surface area contributed by atoms with E-state index in [9.17, 15) is 9.59 Å². The largest absolute Gasteiger partial charge is 0.497 e. The average Bonchev–Trinajstić information content (AvgIpc) is 2.90. The van der Waals surface area contributed by atoms with Crippen molar-refractivity contribution in [2.45, 2.75) is 19.4 Å². The number of anilines is 2. The molecule has 37 heavy (non-hydrogen) atoms. The number of piperidine rings is 1. The van der Waals surface area contributed by atoms with E-state index in [4.69, 9.17) is 14.9 Å². The lowest BCUT2D eigenvalue weighted by atomic mass is 9.95. The number of hydrogen-bond acceptors (Lipinski definition) is 6. The zero-order valence-corrected chi connectivity index (χ0v) is 21.1. The van der Waals surface area contributed by atoms with Gasteiger partial charge < -0.3 is 15.4 Å². The number of methoxy groups -OCH3 is 1. The molecule has 9 heteroatoms. The molecule has 1 heterocycles. The van der Waals surface area contributed by atoms with Gasteiger partial charge in [0.2, 0.25) is 5.91 Å². The first-order valence-corrected chi connectivity index (χ1v) is 12.0. The standard InChI is InChI=1S/C27H29N3O3.CH3NO2/c1-33-23-13-11-21(12-14-23)26(31)28-24-9-5-6-10-25(24)29-27(32)22-15-17-30(18-16-22)19-20-7-3-2-4-8-20;1-2(3)4/h2-14,22H,15-19H2,1H3,(H,28,31)(H,29,32);1H3. The SMILES string of the molecule is COc1ccc(C(=O)Nc2ccccc2NC(=O)C2CCN(Cc3ccccc3)CC2)cc1.C[N+](=O)[O-]. The number of nitrogens with one attached hydrogen (secondary N) is 2. The number of nitro groups is 1. The summed E-state index contributed by atoms with van der Waals surface area (Å²) in [7, 11) is 2.47. The molecule has 0 aliphatic carbocycles. The van der Waals surface area contributed by atoms with Crippen molar-refractivity contribution < 1.29 is 19.2 Å². The summed E-state index contributed by atoms with van der Waals surface area (Å²) in [4.78, 5) is 36.3. The van der Waals surface area contributed by atoms with Crippen LogP contribution in [0.15, 0.2) is 78.9 Å². The molecule has 0 bridgehead atoms. The molecular weight excluding hydrogens is 472 g/mol. The summed E-state index contributed by atoms with van der Waals surface area (Å²) in [6, 6.07) is 24.6. The molecule has 1 fully saturated rings. The number of benzene rings is 3. The molecule has 0 saturated carbocycles. The van der Waals surface area contributed by atoms with Crippen molar-refractivity contribution in [2.75, 3.05) is 37.9 Å². The molecule has 0 radical (unpaired) electrons. The lowest BCUT2D eigenvalue weighted by Crippen LogP contribution is -2.37. The minimum Gasteiger partial charge on any atom is -0.497 e. The Morgan fingerprint density at radius 1 is 0.919 bits per heavy atom. The van der Waals surface area contributed by atoms with E-state index >= 15 is 0 Å². The van der Waals surface area contributed by atoms with Crippen LogP contribution in [0.5, 0.6) is 5.75 Å². The number of amides is 2. The zero-order valence-electron chi connectivity index (χ0n) is 21.1. The molecule has 3 aromatic carbocycles. The van der Waals surface area contributed by atoms with Gasteiger partial charge in [-0.3, -0.25) is 24.6 Å². The highest BCUT2D eigenvalue weighted by Crippen LogP contribution is 2.25. The Balaban J connectivity index is 0.000000886. The van der Waals surface area contributed by atoms with Gasteiger partial charge in [-0.2, -0.15) is 0 Å². The molecule has 194 valence electrons. The highest BCUT2D eigenvalue weighted by Gasteiger charge is 2.25. The fraction of sp³-hybridized carbons (Fsp3) is 0.286. The zero-order chi connectivity index (χ0) is 26.6. The third kappa shape index (κ3) is 8.73. The molecule has 1 aliphatic rings. The van der Waals surface area contributed by atoms with E-state index in [-0.39, 0.29) is 17.7 Å². The number of rotatable bonds is 7. The average molecular weight is 505 g/mol. The van der Waals surface area contributed by atoms with E-state index < -0.39 is 4.92 Å². The van der Waals surface area contributed by atoms with Crippen molar-refractivity contribution in [3.8, 4) is 5.75 Å². The Hall–Kier alpha value is -4.24. The smallest absolute Gasteiger partial charge is 0.255 e. The fourth-order valence-electron chi connectivity index (χ4n) is 4.07. The third-order valence-corrected chi connectivity index (χ3v) is 5.99. The lowest BCUT2D eigenvalue weighted by Gasteiger charge is -2.31. The number of hydrogen-bond donors (Lipinski definition) is 2. The third-order valence-electron chi connectivity index (χ3n) is 5.99. The highest BCUT2D eigenvalue weighted by molar-refractivity contribution is 6.07. The molecule has 4 rings (SSSR count). The topological polar surface area (TPSA) is 114 Å². The molecular formula is C28H32N4O5. The molecule has 9 nitrogen and oxygen atoms in total. The van der Waals surface area contributed by atoms with Gasteiger partial charge in [0.1, 0.15) is 5.75 Å². The van der Waals surface area contributed by atoms with Gasteiger partial charge in [-0.05, 0) is 67.9 Å². The van der Waals surface area contributed by atoms with Gasteiger partial charge >= 0.3 is 0 Å². The normalized spacial score (nSPS) is 13.6. The van der Waals surface area contributed by atoms with Crippen LogP contribution in [-0.4, -0.2) is 48.9 Å². The van der Waals surface area contributed by atoms with Crippen LogP contribution < -0.4 is 15.4 Å². The molecule has 2 N–H and O–H groups in total. The summed E-state index contributed by atoms with van der Waals surface area (Å²) >= 11 is 0. The second-order valence-electron chi connectivity index (χ2n) is 8.69. The van der Waals surface area contributed by atoms with Crippen LogP contribution in [0.1, 0.15) is 28.8 Å². The predicted molar refractivity (Wildman–Crippen MR) is 143 cm³/mol. The van der Waals surface area contributed by atoms with Crippen LogP contribution in [-0.2, 0) is 11.3 Å². The Kier molecular flexibility index (Phi) is 10.2. The quantitative estimate of drug-likeness (QED) is 0.356. The summed E-state index contributed by atoms with van der Waals surface area (Å²) in [5.74, 6) is 0.408. The van der Waals surface area contributed by atoms with E-state index in [2.05, 4.69) is 39.8 Å². The van der Waals surface area contributed by atoms with Crippen LogP contribution >= 0.6 is 0 Å². The maximum absolute atomic E-state index is 13.0. The van der Waals surface area contributed by atoms with Crippen LogP contribution in [0, 0.1) is 16.0 Å². The van der Waals surface area contributed by atoms with Crippen molar-refractivity contribution in [2.24, 2.45) is 5.92 Å². The van der Waals surface area contributed by atoms with Crippen molar-refractivity contribution in [1.82, 2.24) is 4.90 Å². The van der Waals surface area contributed by atoms with E-state index in [1.807, 2.05) is 24.3 Å². The molecule has 0 aromatic heterocycles.